The maximum Gasteiger partial charge on any atom is 0.0991 e. The molecule has 16 heavy (non-hydrogen) atoms. The van der Waals surface area contributed by atoms with E-state index in [1.165, 1.54) is 5.56 Å². The van der Waals surface area contributed by atoms with Gasteiger partial charge in [0.05, 0.1) is 11.6 Å². The predicted molar refractivity (Wildman–Crippen MR) is 70.5 cm³/mol. The molecule has 0 heterocycles. The Hall–Kier alpha value is -0.980. The van der Waals surface area contributed by atoms with Crippen LogP contribution in [0.4, 0.5) is 0 Å². The molecule has 0 saturated heterocycles. The summed E-state index contributed by atoms with van der Waals surface area (Å²) in [6.45, 7) is 6.29. The molecule has 0 aliphatic rings. The second-order valence-corrected chi connectivity index (χ2v) is 5.89. The lowest BCUT2D eigenvalue weighted by molar-refractivity contribution is 0.591. The summed E-state index contributed by atoms with van der Waals surface area (Å²) in [6, 6.07) is 9.83. The summed E-state index contributed by atoms with van der Waals surface area (Å²) >= 11 is 1.86. The van der Waals surface area contributed by atoms with E-state index in [1.54, 1.807) is 0 Å². The molecule has 0 unspecified atom stereocenters. The van der Waals surface area contributed by atoms with E-state index in [2.05, 4.69) is 31.5 Å². The zero-order chi connectivity index (χ0) is 12.0. The molecule has 0 aliphatic heterocycles. The second-order valence-electron chi connectivity index (χ2n) is 4.38. The van der Waals surface area contributed by atoms with E-state index in [0.29, 0.717) is 5.56 Å². The lowest BCUT2D eigenvalue weighted by Gasteiger charge is -2.22. The molecule has 0 fully saturated rings. The first-order valence-corrected chi connectivity index (χ1v) is 6.55. The molecule has 0 atom stereocenters. The van der Waals surface area contributed by atoms with Gasteiger partial charge in [0.25, 0.3) is 0 Å². The fourth-order valence-electron chi connectivity index (χ4n) is 1.28. The number of rotatable bonds is 5. The summed E-state index contributed by atoms with van der Waals surface area (Å²) in [4.78, 5) is 0. The van der Waals surface area contributed by atoms with Crippen molar-refractivity contribution in [1.82, 2.24) is 5.32 Å². The lowest BCUT2D eigenvalue weighted by Crippen LogP contribution is -2.31. The van der Waals surface area contributed by atoms with Crippen LogP contribution in [0.25, 0.3) is 0 Å². The smallest absolute Gasteiger partial charge is 0.0991 e. The van der Waals surface area contributed by atoms with E-state index < -0.39 is 0 Å². The van der Waals surface area contributed by atoms with Crippen molar-refractivity contribution < 1.29 is 0 Å². The molecule has 3 heteroatoms. The van der Waals surface area contributed by atoms with Gasteiger partial charge in [0, 0.05) is 17.8 Å². The quantitative estimate of drug-likeness (QED) is 0.851. The van der Waals surface area contributed by atoms with E-state index in [9.17, 15) is 0 Å². The first-order chi connectivity index (χ1) is 7.57. The fourth-order valence-corrected chi connectivity index (χ4v) is 1.52. The average Bonchev–Trinajstić information content (AvgIpc) is 2.30. The van der Waals surface area contributed by atoms with Crippen molar-refractivity contribution >= 4 is 11.8 Å². The highest BCUT2D eigenvalue weighted by Gasteiger charge is 2.14. The number of benzene rings is 1. The third-order valence-electron chi connectivity index (χ3n) is 2.52. The third kappa shape index (κ3) is 4.26. The summed E-state index contributed by atoms with van der Waals surface area (Å²) < 4.78 is 0.270. The van der Waals surface area contributed by atoms with E-state index in [1.807, 2.05) is 36.0 Å². The molecular weight excluding hydrogens is 216 g/mol. The highest BCUT2D eigenvalue weighted by atomic mass is 32.2. The molecule has 1 aromatic rings. The Morgan fingerprint density at radius 2 is 1.94 bits per heavy atom. The van der Waals surface area contributed by atoms with Gasteiger partial charge in [-0.3, -0.25) is 0 Å². The third-order valence-corrected chi connectivity index (χ3v) is 3.76. The molecule has 1 aromatic carbocycles. The zero-order valence-corrected chi connectivity index (χ0v) is 10.9. The fraction of sp³-hybridized carbons (Fsp3) is 0.462. The Balaban J connectivity index is 2.41. The van der Waals surface area contributed by atoms with Gasteiger partial charge < -0.3 is 5.32 Å². The molecule has 0 aromatic heterocycles. The summed E-state index contributed by atoms with van der Waals surface area (Å²) in [7, 11) is 0. The zero-order valence-electron chi connectivity index (χ0n) is 10.1. The Bertz CT molecular complexity index is 363. The Labute approximate surface area is 102 Å². The largest absolute Gasteiger partial charge is 0.311 e. The summed E-state index contributed by atoms with van der Waals surface area (Å²) in [5, 5.41) is 12.1. The van der Waals surface area contributed by atoms with Gasteiger partial charge in [-0.1, -0.05) is 12.1 Å². The van der Waals surface area contributed by atoms with Crippen LogP contribution in [0.1, 0.15) is 25.0 Å². The minimum absolute atomic E-state index is 0.270. The topological polar surface area (TPSA) is 35.8 Å². The standard InChI is InChI=1S/C13H18N2S/c1-13(2,16-3)10-15-9-12-6-4-11(8-14)5-7-12/h4-7,15H,9-10H2,1-3H3. The summed E-state index contributed by atoms with van der Waals surface area (Å²) in [5.41, 5.74) is 1.93. The van der Waals surface area contributed by atoms with E-state index in [0.717, 1.165) is 13.1 Å². The summed E-state index contributed by atoms with van der Waals surface area (Å²) in [5.74, 6) is 0. The van der Waals surface area contributed by atoms with Crippen LogP contribution in [0, 0.1) is 11.3 Å². The number of nitriles is 1. The highest BCUT2D eigenvalue weighted by Crippen LogP contribution is 2.19. The second kappa shape index (κ2) is 5.93. The van der Waals surface area contributed by atoms with Gasteiger partial charge in [0.2, 0.25) is 0 Å². The van der Waals surface area contributed by atoms with Gasteiger partial charge in [-0.05, 0) is 37.8 Å². The lowest BCUT2D eigenvalue weighted by atomic mass is 10.1. The molecule has 0 amide bonds. The molecular formula is C13H18N2S. The van der Waals surface area contributed by atoms with Gasteiger partial charge in [0.1, 0.15) is 0 Å². The molecule has 1 rings (SSSR count). The monoisotopic (exact) mass is 234 g/mol. The van der Waals surface area contributed by atoms with Gasteiger partial charge in [-0.25, -0.2) is 0 Å². The maximum atomic E-state index is 8.67. The molecule has 0 radical (unpaired) electrons. The first kappa shape index (κ1) is 13.1. The normalized spacial score (nSPS) is 11.1. The van der Waals surface area contributed by atoms with Crippen molar-refractivity contribution in [2.75, 3.05) is 12.8 Å². The van der Waals surface area contributed by atoms with E-state index >= 15 is 0 Å². The molecule has 0 bridgehead atoms. The van der Waals surface area contributed by atoms with E-state index in [4.69, 9.17) is 5.26 Å². The van der Waals surface area contributed by atoms with E-state index in [-0.39, 0.29) is 4.75 Å². The van der Waals surface area contributed by atoms with Crippen LogP contribution in [-0.4, -0.2) is 17.5 Å². The van der Waals surface area contributed by atoms with Crippen molar-refractivity contribution in [3.05, 3.63) is 35.4 Å². The Morgan fingerprint density at radius 3 is 2.44 bits per heavy atom. The van der Waals surface area contributed by atoms with Crippen molar-refractivity contribution in [2.45, 2.75) is 25.1 Å². The van der Waals surface area contributed by atoms with Crippen molar-refractivity contribution in [1.29, 1.82) is 5.26 Å². The van der Waals surface area contributed by atoms with Gasteiger partial charge in [-0.15, -0.1) is 0 Å². The van der Waals surface area contributed by atoms with Crippen molar-refractivity contribution in [3.63, 3.8) is 0 Å². The number of hydrogen-bond acceptors (Lipinski definition) is 3. The predicted octanol–water partition coefficient (Wildman–Crippen LogP) is 2.79. The minimum atomic E-state index is 0.270. The van der Waals surface area contributed by atoms with Crippen LogP contribution < -0.4 is 5.32 Å². The molecule has 1 N–H and O–H groups in total. The number of thioether (sulfide) groups is 1. The molecule has 86 valence electrons. The highest BCUT2D eigenvalue weighted by molar-refractivity contribution is 7.99. The number of hydrogen-bond donors (Lipinski definition) is 1. The van der Waals surface area contributed by atoms with Crippen LogP contribution in [0.3, 0.4) is 0 Å². The van der Waals surface area contributed by atoms with Gasteiger partial charge >= 0.3 is 0 Å². The van der Waals surface area contributed by atoms with Crippen LogP contribution in [0.5, 0.6) is 0 Å². The molecule has 0 aliphatic carbocycles. The maximum absolute atomic E-state index is 8.67. The molecule has 0 saturated carbocycles. The molecule has 2 nitrogen and oxygen atoms in total. The van der Waals surface area contributed by atoms with Crippen LogP contribution in [0.15, 0.2) is 24.3 Å². The Kier molecular flexibility index (Phi) is 4.85. The summed E-state index contributed by atoms with van der Waals surface area (Å²) in [6.07, 6.45) is 2.13. The van der Waals surface area contributed by atoms with Crippen molar-refractivity contribution in [2.24, 2.45) is 0 Å². The minimum Gasteiger partial charge on any atom is -0.311 e. The number of nitrogens with zero attached hydrogens (tertiary/aromatic N) is 1. The first-order valence-electron chi connectivity index (χ1n) is 5.32. The number of nitrogens with one attached hydrogen (secondary N) is 1. The molecule has 0 spiro atoms. The van der Waals surface area contributed by atoms with Gasteiger partial charge in [0.15, 0.2) is 0 Å². The van der Waals surface area contributed by atoms with Gasteiger partial charge in [-0.2, -0.15) is 17.0 Å². The van der Waals surface area contributed by atoms with Crippen LogP contribution >= 0.6 is 11.8 Å². The van der Waals surface area contributed by atoms with Crippen molar-refractivity contribution in [3.8, 4) is 6.07 Å². The SMILES string of the molecule is CSC(C)(C)CNCc1ccc(C#N)cc1. The van der Waals surface area contributed by atoms with Crippen LogP contribution in [0.2, 0.25) is 0 Å². The average molecular weight is 234 g/mol. The van der Waals surface area contributed by atoms with Crippen LogP contribution in [-0.2, 0) is 6.54 Å². The Morgan fingerprint density at radius 1 is 1.31 bits per heavy atom.